The van der Waals surface area contributed by atoms with E-state index in [1.165, 1.54) is 15.6 Å². The molecule has 0 atom stereocenters. The molecule has 0 bridgehead atoms. The van der Waals surface area contributed by atoms with Crippen LogP contribution in [-0.4, -0.2) is 49.7 Å². The zero-order valence-electron chi connectivity index (χ0n) is 12.6. The Labute approximate surface area is 136 Å². The van der Waals surface area contributed by atoms with Crippen molar-refractivity contribution in [2.45, 2.75) is 36.3 Å². The fraction of sp³-hybridized carbons (Fsp3) is 0.667. The van der Waals surface area contributed by atoms with E-state index in [1.807, 2.05) is 4.90 Å². The molecule has 0 radical (unpaired) electrons. The van der Waals surface area contributed by atoms with E-state index in [0.717, 1.165) is 25.7 Å². The van der Waals surface area contributed by atoms with Gasteiger partial charge in [-0.3, -0.25) is 4.79 Å². The smallest absolute Gasteiger partial charge is 0.252 e. The van der Waals surface area contributed by atoms with Crippen molar-refractivity contribution in [3.8, 4) is 0 Å². The van der Waals surface area contributed by atoms with Crippen molar-refractivity contribution in [1.29, 1.82) is 0 Å². The summed E-state index contributed by atoms with van der Waals surface area (Å²) in [6, 6.07) is 3.40. The fourth-order valence-electron chi connectivity index (χ4n) is 3.32. The lowest BCUT2D eigenvalue weighted by atomic mass is 10.1. The van der Waals surface area contributed by atoms with Crippen LogP contribution in [0.25, 0.3) is 0 Å². The first kappa shape index (κ1) is 16.0. The number of amides is 1. The van der Waals surface area contributed by atoms with Crippen LogP contribution >= 0.6 is 11.3 Å². The Bertz CT molecular complexity index is 607. The van der Waals surface area contributed by atoms with E-state index in [-0.39, 0.29) is 11.8 Å². The zero-order valence-corrected chi connectivity index (χ0v) is 14.2. The van der Waals surface area contributed by atoms with Gasteiger partial charge >= 0.3 is 0 Å². The Kier molecular flexibility index (Phi) is 4.84. The monoisotopic (exact) mass is 342 g/mol. The lowest BCUT2D eigenvalue weighted by molar-refractivity contribution is -0.135. The molecule has 1 aromatic rings. The number of sulfonamides is 1. The minimum absolute atomic E-state index is 0.167. The molecule has 2 fully saturated rings. The van der Waals surface area contributed by atoms with E-state index in [4.69, 9.17) is 0 Å². The molecule has 7 heteroatoms. The van der Waals surface area contributed by atoms with E-state index in [1.54, 1.807) is 17.5 Å². The Hall–Kier alpha value is -0.920. The van der Waals surface area contributed by atoms with Crippen LogP contribution in [-0.2, 0) is 14.8 Å². The molecule has 1 amide bonds. The second-order valence-corrected chi connectivity index (χ2v) is 9.11. The number of rotatable bonds is 3. The first-order chi connectivity index (χ1) is 10.6. The third kappa shape index (κ3) is 3.21. The molecule has 122 valence electrons. The molecular formula is C15H22N2O3S2. The molecule has 22 heavy (non-hydrogen) atoms. The Balaban J connectivity index is 1.66. The molecule has 2 heterocycles. The molecule has 0 spiro atoms. The second kappa shape index (κ2) is 6.68. The Morgan fingerprint density at radius 2 is 1.86 bits per heavy atom. The summed E-state index contributed by atoms with van der Waals surface area (Å²) >= 11 is 1.25. The van der Waals surface area contributed by atoms with Gasteiger partial charge in [0, 0.05) is 32.1 Å². The van der Waals surface area contributed by atoms with Crippen molar-refractivity contribution >= 4 is 27.3 Å². The maximum Gasteiger partial charge on any atom is 0.252 e. The quantitative estimate of drug-likeness (QED) is 0.846. The number of thiophene rings is 1. The van der Waals surface area contributed by atoms with Crippen LogP contribution in [0.2, 0.25) is 0 Å². The van der Waals surface area contributed by atoms with Crippen molar-refractivity contribution in [3.63, 3.8) is 0 Å². The topological polar surface area (TPSA) is 57.7 Å². The van der Waals surface area contributed by atoms with Crippen LogP contribution in [0.4, 0.5) is 0 Å². The molecule has 1 aliphatic carbocycles. The highest BCUT2D eigenvalue weighted by molar-refractivity contribution is 7.91. The molecule has 0 aromatic carbocycles. The molecule has 0 unspecified atom stereocenters. The van der Waals surface area contributed by atoms with E-state index in [2.05, 4.69) is 0 Å². The number of hydrogen-bond donors (Lipinski definition) is 0. The minimum atomic E-state index is -3.40. The van der Waals surface area contributed by atoms with Crippen molar-refractivity contribution in [2.24, 2.45) is 5.92 Å². The molecule has 1 aliphatic heterocycles. The van der Waals surface area contributed by atoms with Gasteiger partial charge in [-0.1, -0.05) is 18.9 Å². The number of nitrogens with zero attached hydrogens (tertiary/aromatic N) is 2. The Morgan fingerprint density at radius 3 is 2.55 bits per heavy atom. The average molecular weight is 342 g/mol. The lowest BCUT2D eigenvalue weighted by Gasteiger charge is -2.24. The molecule has 3 rings (SSSR count). The van der Waals surface area contributed by atoms with Crippen LogP contribution in [0.5, 0.6) is 0 Å². The van der Waals surface area contributed by atoms with Gasteiger partial charge < -0.3 is 4.90 Å². The van der Waals surface area contributed by atoms with E-state index in [0.29, 0.717) is 36.8 Å². The molecule has 1 saturated heterocycles. The Morgan fingerprint density at radius 1 is 1.09 bits per heavy atom. The number of hydrogen-bond acceptors (Lipinski definition) is 4. The third-order valence-corrected chi connectivity index (χ3v) is 7.83. The predicted octanol–water partition coefficient (Wildman–Crippen LogP) is 2.16. The normalized spacial score (nSPS) is 21.9. The number of carbonyl (C=O) groups excluding carboxylic acids is 1. The van der Waals surface area contributed by atoms with E-state index in [9.17, 15) is 13.2 Å². The van der Waals surface area contributed by atoms with Crippen molar-refractivity contribution < 1.29 is 13.2 Å². The minimum Gasteiger partial charge on any atom is -0.341 e. The molecule has 1 aromatic heterocycles. The van der Waals surface area contributed by atoms with Crippen LogP contribution in [0, 0.1) is 5.92 Å². The van der Waals surface area contributed by atoms with Gasteiger partial charge in [0.2, 0.25) is 5.91 Å². The second-order valence-electron chi connectivity index (χ2n) is 6.00. The highest BCUT2D eigenvalue weighted by Crippen LogP contribution is 2.27. The molecule has 0 N–H and O–H groups in total. The van der Waals surface area contributed by atoms with Gasteiger partial charge in [-0.05, 0) is 30.7 Å². The van der Waals surface area contributed by atoms with Gasteiger partial charge in [-0.2, -0.15) is 4.31 Å². The average Bonchev–Trinajstić information content (AvgIpc) is 3.16. The largest absolute Gasteiger partial charge is 0.341 e. The van der Waals surface area contributed by atoms with Gasteiger partial charge in [0.1, 0.15) is 4.21 Å². The van der Waals surface area contributed by atoms with Gasteiger partial charge in [0.25, 0.3) is 10.0 Å². The highest BCUT2D eigenvalue weighted by Gasteiger charge is 2.31. The van der Waals surface area contributed by atoms with Crippen LogP contribution in [0.15, 0.2) is 21.7 Å². The zero-order chi connectivity index (χ0) is 15.6. The van der Waals surface area contributed by atoms with Crippen LogP contribution < -0.4 is 0 Å². The van der Waals surface area contributed by atoms with E-state index < -0.39 is 10.0 Å². The van der Waals surface area contributed by atoms with Crippen molar-refractivity contribution in [2.75, 3.05) is 26.2 Å². The third-order valence-electron chi connectivity index (χ3n) is 4.56. The summed E-state index contributed by atoms with van der Waals surface area (Å²) in [5.74, 6) is 0.397. The van der Waals surface area contributed by atoms with Gasteiger partial charge in [0.15, 0.2) is 0 Å². The first-order valence-corrected chi connectivity index (χ1v) is 10.2. The standard InChI is InChI=1S/C15H22N2O3S2/c18-15(13-5-1-2-6-13)16-8-4-9-17(11-10-16)22(19,20)14-7-3-12-21-14/h3,7,12-13H,1-2,4-6,8-11H2. The summed E-state index contributed by atoms with van der Waals surface area (Å²) in [5, 5.41) is 1.78. The summed E-state index contributed by atoms with van der Waals surface area (Å²) in [5.41, 5.74) is 0. The van der Waals surface area contributed by atoms with Crippen LogP contribution in [0.1, 0.15) is 32.1 Å². The first-order valence-electron chi connectivity index (χ1n) is 7.91. The molecule has 5 nitrogen and oxygen atoms in total. The highest BCUT2D eigenvalue weighted by atomic mass is 32.2. The molecular weight excluding hydrogens is 320 g/mol. The van der Waals surface area contributed by atoms with E-state index >= 15 is 0 Å². The summed E-state index contributed by atoms with van der Waals surface area (Å²) in [7, 11) is -3.40. The lowest BCUT2D eigenvalue weighted by Crippen LogP contribution is -2.39. The van der Waals surface area contributed by atoms with Gasteiger partial charge in [-0.15, -0.1) is 11.3 Å². The van der Waals surface area contributed by atoms with Crippen molar-refractivity contribution in [3.05, 3.63) is 17.5 Å². The van der Waals surface area contributed by atoms with Crippen LogP contribution in [0.3, 0.4) is 0 Å². The molecule has 2 aliphatic rings. The maximum absolute atomic E-state index is 12.6. The summed E-state index contributed by atoms with van der Waals surface area (Å²) in [6.45, 7) is 2.08. The summed E-state index contributed by atoms with van der Waals surface area (Å²) < 4.78 is 27.1. The van der Waals surface area contributed by atoms with Gasteiger partial charge in [-0.25, -0.2) is 8.42 Å². The predicted molar refractivity (Wildman–Crippen MR) is 86.2 cm³/mol. The SMILES string of the molecule is O=C(C1CCCC1)N1CCCN(S(=O)(=O)c2cccs2)CC1. The van der Waals surface area contributed by atoms with Gasteiger partial charge in [0.05, 0.1) is 0 Å². The molecule has 1 saturated carbocycles. The maximum atomic E-state index is 12.6. The summed E-state index contributed by atoms with van der Waals surface area (Å²) in [4.78, 5) is 14.4. The number of carbonyl (C=O) groups is 1. The fourth-order valence-corrected chi connectivity index (χ4v) is 5.94. The van der Waals surface area contributed by atoms with Crippen molar-refractivity contribution in [1.82, 2.24) is 9.21 Å². The summed E-state index contributed by atoms with van der Waals surface area (Å²) in [6.07, 6.45) is 4.98.